The van der Waals surface area contributed by atoms with Gasteiger partial charge in [0.15, 0.2) is 5.96 Å². The van der Waals surface area contributed by atoms with Gasteiger partial charge in [0.1, 0.15) is 24.2 Å². The number of amides is 3. The number of nitrogens with one attached hydrogen (secondary N) is 2. The number of aliphatic hydroxyl groups excluding tert-OH is 1. The van der Waals surface area contributed by atoms with Crippen LogP contribution in [0.4, 0.5) is 0 Å². The minimum absolute atomic E-state index is 0.0661. The molecule has 0 saturated carbocycles. The van der Waals surface area contributed by atoms with Gasteiger partial charge >= 0.3 is 5.97 Å². The fraction of sp³-hybridized carbons (Fsp3) is 0.483. The van der Waals surface area contributed by atoms with Gasteiger partial charge in [0, 0.05) is 19.5 Å². The Morgan fingerprint density at radius 3 is 2.43 bits per heavy atom. The van der Waals surface area contributed by atoms with Crippen molar-refractivity contribution in [3.63, 3.8) is 0 Å². The third kappa shape index (κ3) is 8.88. The van der Waals surface area contributed by atoms with Crippen LogP contribution >= 0.6 is 0 Å². The first-order chi connectivity index (χ1) is 20.0. The van der Waals surface area contributed by atoms with E-state index in [0.29, 0.717) is 25.7 Å². The smallest absolute Gasteiger partial charge is 0.326 e. The maximum Gasteiger partial charge on any atom is 0.326 e. The average Bonchev–Trinajstić information content (AvgIpc) is 2.97. The number of likely N-dealkylation sites (tertiary alicyclic amines) is 1. The molecule has 0 unspecified atom stereocenters. The Balaban J connectivity index is 1.83. The molecule has 13 nitrogen and oxygen atoms in total. The fourth-order valence-electron chi connectivity index (χ4n) is 4.98. The highest BCUT2D eigenvalue weighted by molar-refractivity contribution is 5.94. The van der Waals surface area contributed by atoms with E-state index in [0.717, 1.165) is 16.3 Å². The molecule has 3 amide bonds. The van der Waals surface area contributed by atoms with Gasteiger partial charge in [0.25, 0.3) is 0 Å². The average molecular weight is 584 g/mol. The molecule has 228 valence electrons. The summed E-state index contributed by atoms with van der Waals surface area (Å²) in [5.41, 5.74) is 17.3. The Morgan fingerprint density at radius 2 is 1.76 bits per heavy atom. The van der Waals surface area contributed by atoms with Crippen LogP contribution in [0, 0.1) is 0 Å². The topological polar surface area (TPSA) is 226 Å². The third-order valence-corrected chi connectivity index (χ3v) is 7.34. The number of nitrogens with two attached hydrogens (primary N) is 3. The van der Waals surface area contributed by atoms with E-state index in [9.17, 15) is 29.4 Å². The van der Waals surface area contributed by atoms with E-state index in [4.69, 9.17) is 17.2 Å². The van der Waals surface area contributed by atoms with Crippen molar-refractivity contribution in [1.29, 1.82) is 0 Å². The number of aliphatic imine (C=N–C) groups is 1. The zero-order chi connectivity index (χ0) is 30.8. The standard InChI is InChI=1S/C29H41N7O6/c1-17(37)24(30)27(40)36-14-5-4-10-23(36)26(39)35-22(16-18-11-12-19-7-2-3-8-20(19)15-18)25(38)34-21(28(41)42)9-6-13-33-29(31)32/h2-3,7-8,11-12,15,17,21-24,37H,4-6,9-10,13-14,16,30H2,1H3,(H,34,38)(H,35,39)(H,41,42)(H4,31,32,33)/t17-,21-,22-,23-,24+/m0/s1. The van der Waals surface area contributed by atoms with Crippen LogP contribution in [0.3, 0.4) is 0 Å². The van der Waals surface area contributed by atoms with Crippen LogP contribution in [-0.4, -0.2) is 88.1 Å². The molecule has 13 heteroatoms. The molecule has 2 aromatic rings. The van der Waals surface area contributed by atoms with Crippen molar-refractivity contribution in [2.45, 2.75) is 75.7 Å². The number of guanidine groups is 1. The molecular formula is C29H41N7O6. The first kappa shape index (κ1) is 32.3. The molecule has 0 radical (unpaired) electrons. The van der Waals surface area contributed by atoms with Crippen LogP contribution < -0.4 is 27.8 Å². The molecule has 1 fully saturated rings. The van der Waals surface area contributed by atoms with E-state index in [1.165, 1.54) is 11.8 Å². The first-order valence-electron chi connectivity index (χ1n) is 14.1. The Morgan fingerprint density at radius 1 is 1.05 bits per heavy atom. The minimum atomic E-state index is -1.24. The van der Waals surface area contributed by atoms with Crippen LogP contribution in [-0.2, 0) is 25.6 Å². The van der Waals surface area contributed by atoms with Gasteiger partial charge in [-0.05, 0) is 55.4 Å². The third-order valence-electron chi connectivity index (χ3n) is 7.34. The second kappa shape index (κ2) is 15.1. The van der Waals surface area contributed by atoms with Crippen molar-refractivity contribution < 1.29 is 29.4 Å². The molecule has 0 aromatic heterocycles. The van der Waals surface area contributed by atoms with Crippen molar-refractivity contribution >= 4 is 40.4 Å². The molecular weight excluding hydrogens is 542 g/mol. The number of hydrogen-bond acceptors (Lipinski definition) is 7. The summed E-state index contributed by atoms with van der Waals surface area (Å²) in [7, 11) is 0. The zero-order valence-corrected chi connectivity index (χ0v) is 23.7. The molecule has 0 aliphatic carbocycles. The molecule has 3 rings (SSSR count). The summed E-state index contributed by atoms with van der Waals surface area (Å²) < 4.78 is 0. The number of nitrogens with zero attached hydrogens (tertiary/aromatic N) is 2. The molecule has 1 heterocycles. The fourth-order valence-corrected chi connectivity index (χ4v) is 4.98. The summed E-state index contributed by atoms with van der Waals surface area (Å²) in [4.78, 5) is 57.2. The van der Waals surface area contributed by atoms with Gasteiger partial charge in [-0.25, -0.2) is 4.79 Å². The Hall–Kier alpha value is -4.23. The molecule has 1 aliphatic heterocycles. The number of aliphatic carboxylic acids is 1. The van der Waals surface area contributed by atoms with E-state index in [1.54, 1.807) is 0 Å². The number of benzene rings is 2. The number of carboxylic acid groups (broad SMARTS) is 1. The summed E-state index contributed by atoms with van der Waals surface area (Å²) >= 11 is 0. The number of carbonyl (C=O) groups is 4. The van der Waals surface area contributed by atoms with Gasteiger partial charge < -0.3 is 42.9 Å². The summed E-state index contributed by atoms with van der Waals surface area (Å²) in [6, 6.07) is 8.90. The first-order valence-corrected chi connectivity index (χ1v) is 14.1. The molecule has 0 bridgehead atoms. The van der Waals surface area contributed by atoms with E-state index in [1.807, 2.05) is 42.5 Å². The Labute approximate surface area is 244 Å². The molecule has 42 heavy (non-hydrogen) atoms. The highest BCUT2D eigenvalue weighted by atomic mass is 16.4. The lowest BCUT2D eigenvalue weighted by atomic mass is 9.97. The van der Waals surface area contributed by atoms with Gasteiger partial charge in [0.05, 0.1) is 6.10 Å². The molecule has 0 spiro atoms. The van der Waals surface area contributed by atoms with Crippen molar-refractivity contribution in [1.82, 2.24) is 15.5 Å². The van der Waals surface area contributed by atoms with Crippen molar-refractivity contribution in [3.05, 3.63) is 48.0 Å². The second-order valence-corrected chi connectivity index (χ2v) is 10.6. The maximum atomic E-state index is 13.6. The summed E-state index contributed by atoms with van der Waals surface area (Å²) in [6.45, 7) is 1.89. The van der Waals surface area contributed by atoms with Crippen molar-refractivity contribution in [3.8, 4) is 0 Å². The van der Waals surface area contributed by atoms with Crippen LogP contribution in [0.15, 0.2) is 47.5 Å². The minimum Gasteiger partial charge on any atom is -0.480 e. The van der Waals surface area contributed by atoms with Crippen molar-refractivity contribution in [2.24, 2.45) is 22.2 Å². The summed E-state index contributed by atoms with van der Waals surface area (Å²) in [6.07, 6.45) is 1.06. The van der Waals surface area contributed by atoms with Crippen LogP contribution in [0.5, 0.6) is 0 Å². The normalized spacial score (nSPS) is 17.9. The van der Waals surface area contributed by atoms with Crippen LogP contribution in [0.1, 0.15) is 44.6 Å². The van der Waals surface area contributed by atoms with E-state index >= 15 is 0 Å². The maximum absolute atomic E-state index is 13.6. The molecule has 1 saturated heterocycles. The molecule has 10 N–H and O–H groups in total. The van der Waals surface area contributed by atoms with Crippen LogP contribution in [0.25, 0.3) is 10.8 Å². The number of fused-ring (bicyclic) bond motifs is 1. The highest BCUT2D eigenvalue weighted by Gasteiger charge is 2.37. The molecule has 2 aromatic carbocycles. The van der Waals surface area contributed by atoms with Gasteiger partial charge in [-0.2, -0.15) is 0 Å². The largest absolute Gasteiger partial charge is 0.480 e. The Bertz CT molecular complexity index is 1300. The Kier molecular flexibility index (Phi) is 11.6. The van der Waals surface area contributed by atoms with Crippen LogP contribution in [0.2, 0.25) is 0 Å². The number of piperidine rings is 1. The predicted octanol–water partition coefficient (Wildman–Crippen LogP) is -0.421. The number of hydrogen-bond donors (Lipinski definition) is 7. The van der Waals surface area contributed by atoms with Gasteiger partial charge in [-0.15, -0.1) is 0 Å². The summed E-state index contributed by atoms with van der Waals surface area (Å²) in [5, 5.41) is 26.8. The van der Waals surface area contributed by atoms with Gasteiger partial charge in [-0.1, -0.05) is 42.5 Å². The van der Waals surface area contributed by atoms with E-state index < -0.39 is 54.0 Å². The lowest BCUT2D eigenvalue weighted by molar-refractivity contribution is -0.146. The van der Waals surface area contributed by atoms with Gasteiger partial charge in [0.2, 0.25) is 17.7 Å². The SMILES string of the molecule is C[C@H](O)[C@@H](N)C(=O)N1CCCC[C@H]1C(=O)N[C@@H](Cc1ccc2ccccc2c1)C(=O)N[C@@H](CCCN=C(N)N)C(=O)O. The number of carbonyl (C=O) groups excluding carboxylic acids is 3. The zero-order valence-electron chi connectivity index (χ0n) is 23.7. The number of rotatable bonds is 13. The predicted molar refractivity (Wildman–Crippen MR) is 158 cm³/mol. The number of aliphatic hydroxyl groups is 1. The molecule has 5 atom stereocenters. The summed E-state index contributed by atoms with van der Waals surface area (Å²) in [5.74, 6) is -3.14. The van der Waals surface area contributed by atoms with E-state index in [2.05, 4.69) is 15.6 Å². The van der Waals surface area contributed by atoms with Crippen molar-refractivity contribution in [2.75, 3.05) is 13.1 Å². The van der Waals surface area contributed by atoms with Gasteiger partial charge in [-0.3, -0.25) is 19.4 Å². The highest BCUT2D eigenvalue weighted by Crippen LogP contribution is 2.20. The second-order valence-electron chi connectivity index (χ2n) is 10.6. The van der Waals surface area contributed by atoms with E-state index in [-0.39, 0.29) is 31.9 Å². The monoisotopic (exact) mass is 583 g/mol. The number of carboxylic acids is 1. The quantitative estimate of drug-likeness (QED) is 0.0921. The lowest BCUT2D eigenvalue weighted by Gasteiger charge is -2.37. The lowest BCUT2D eigenvalue weighted by Crippen LogP contribution is -2.60. The molecule has 1 aliphatic rings.